The smallest absolute Gasteiger partial charge is 0.0786 e. The molecule has 3 atom stereocenters. The average molecular weight is 205 g/mol. The Hall–Kier alpha value is -0.160. The molecule has 0 aliphatic heterocycles. The molecule has 86 valence electrons. The summed E-state index contributed by atoms with van der Waals surface area (Å²) in [4.78, 5) is 0. The van der Waals surface area contributed by atoms with Crippen molar-refractivity contribution in [1.29, 1.82) is 0 Å². The lowest BCUT2D eigenvalue weighted by Crippen LogP contribution is -2.38. The Bertz CT molecular complexity index is 133. The highest BCUT2D eigenvalue weighted by molar-refractivity contribution is 4.74. The van der Waals surface area contributed by atoms with Crippen LogP contribution in [-0.4, -0.2) is 40.2 Å². The lowest BCUT2D eigenvalue weighted by Gasteiger charge is -2.20. The highest BCUT2D eigenvalue weighted by Gasteiger charge is 2.17. The summed E-state index contributed by atoms with van der Waals surface area (Å²) >= 11 is 0. The van der Waals surface area contributed by atoms with E-state index in [0.717, 1.165) is 19.3 Å². The van der Waals surface area contributed by atoms with Crippen LogP contribution in [0.1, 0.15) is 39.0 Å². The second-order valence-corrected chi connectivity index (χ2v) is 3.80. The third-order valence-electron chi connectivity index (χ3n) is 2.35. The number of hydrogen-bond acceptors (Lipinski definition) is 4. The van der Waals surface area contributed by atoms with Crippen LogP contribution in [0.25, 0.3) is 0 Å². The van der Waals surface area contributed by atoms with Crippen LogP contribution in [0.5, 0.6) is 0 Å². The maximum Gasteiger partial charge on any atom is 0.0786 e. The van der Waals surface area contributed by atoms with Crippen molar-refractivity contribution in [3.05, 3.63) is 0 Å². The number of unbranched alkanes of at least 4 members (excludes halogenated alkanes) is 2. The monoisotopic (exact) mass is 205 g/mol. The number of aliphatic hydroxyl groups excluding tert-OH is 3. The highest BCUT2D eigenvalue weighted by atomic mass is 16.3. The molecule has 0 spiro atoms. The van der Waals surface area contributed by atoms with Crippen molar-refractivity contribution >= 4 is 0 Å². The molecule has 4 heteroatoms. The molecule has 0 fully saturated rings. The standard InChI is InChI=1S/C10H23NO3/c1-2-3-4-5-10(14)9(11)6-8(13)7-12/h8-10,12-14H,2-7,11H2,1H3/t8-,9+,10+/m0/s1. The number of rotatable bonds is 8. The van der Waals surface area contributed by atoms with E-state index in [0.29, 0.717) is 6.42 Å². The molecule has 0 heterocycles. The summed E-state index contributed by atoms with van der Waals surface area (Å²) in [5.74, 6) is 0. The van der Waals surface area contributed by atoms with Crippen LogP contribution in [-0.2, 0) is 0 Å². The van der Waals surface area contributed by atoms with Gasteiger partial charge in [0.2, 0.25) is 0 Å². The molecule has 0 saturated heterocycles. The Morgan fingerprint density at radius 1 is 1.21 bits per heavy atom. The molecule has 0 radical (unpaired) electrons. The molecule has 0 rings (SSSR count). The van der Waals surface area contributed by atoms with Gasteiger partial charge in [-0.25, -0.2) is 0 Å². The van der Waals surface area contributed by atoms with Gasteiger partial charge in [0, 0.05) is 6.04 Å². The quantitative estimate of drug-likeness (QED) is 0.420. The SMILES string of the molecule is CCCCC[C@@H](O)[C@H](N)C[C@H](O)CO. The van der Waals surface area contributed by atoms with Crippen LogP contribution in [0.3, 0.4) is 0 Å². The Morgan fingerprint density at radius 3 is 2.36 bits per heavy atom. The molecule has 0 aromatic heterocycles. The van der Waals surface area contributed by atoms with E-state index in [-0.39, 0.29) is 13.0 Å². The zero-order chi connectivity index (χ0) is 11.0. The van der Waals surface area contributed by atoms with E-state index in [2.05, 4.69) is 6.92 Å². The molecule has 0 aromatic carbocycles. The Kier molecular flexibility index (Phi) is 8.08. The van der Waals surface area contributed by atoms with E-state index in [1.165, 1.54) is 0 Å². The van der Waals surface area contributed by atoms with Crippen molar-refractivity contribution < 1.29 is 15.3 Å². The molecular formula is C10H23NO3. The van der Waals surface area contributed by atoms with Gasteiger partial charge in [-0.05, 0) is 12.8 Å². The van der Waals surface area contributed by atoms with Gasteiger partial charge in [0.15, 0.2) is 0 Å². The van der Waals surface area contributed by atoms with Crippen molar-refractivity contribution in [1.82, 2.24) is 0 Å². The Labute approximate surface area is 85.7 Å². The van der Waals surface area contributed by atoms with Crippen LogP contribution in [0.15, 0.2) is 0 Å². The molecular weight excluding hydrogens is 182 g/mol. The first-order chi connectivity index (χ1) is 6.61. The molecule has 0 amide bonds. The molecule has 0 saturated carbocycles. The minimum atomic E-state index is -0.814. The number of nitrogens with two attached hydrogens (primary N) is 1. The van der Waals surface area contributed by atoms with Crippen LogP contribution in [0.4, 0.5) is 0 Å². The van der Waals surface area contributed by atoms with Gasteiger partial charge >= 0.3 is 0 Å². The second-order valence-electron chi connectivity index (χ2n) is 3.80. The fraction of sp³-hybridized carbons (Fsp3) is 1.00. The molecule has 0 bridgehead atoms. The first-order valence-corrected chi connectivity index (χ1v) is 5.34. The Morgan fingerprint density at radius 2 is 1.86 bits per heavy atom. The van der Waals surface area contributed by atoms with Crippen LogP contribution in [0, 0.1) is 0 Å². The Balaban J connectivity index is 3.58. The summed E-state index contributed by atoms with van der Waals surface area (Å²) in [7, 11) is 0. The van der Waals surface area contributed by atoms with Crippen molar-refractivity contribution in [2.24, 2.45) is 5.73 Å². The van der Waals surface area contributed by atoms with Crippen LogP contribution < -0.4 is 5.73 Å². The van der Waals surface area contributed by atoms with Crippen molar-refractivity contribution in [2.45, 2.75) is 57.3 Å². The molecule has 14 heavy (non-hydrogen) atoms. The van der Waals surface area contributed by atoms with E-state index in [1.807, 2.05) is 0 Å². The predicted molar refractivity (Wildman–Crippen MR) is 55.8 cm³/mol. The third-order valence-corrected chi connectivity index (χ3v) is 2.35. The number of aliphatic hydroxyl groups is 3. The lowest BCUT2D eigenvalue weighted by molar-refractivity contribution is 0.0547. The van der Waals surface area contributed by atoms with Gasteiger partial charge in [-0.2, -0.15) is 0 Å². The number of hydrogen-bond donors (Lipinski definition) is 4. The van der Waals surface area contributed by atoms with Crippen molar-refractivity contribution in [3.8, 4) is 0 Å². The highest BCUT2D eigenvalue weighted by Crippen LogP contribution is 2.09. The van der Waals surface area contributed by atoms with E-state index >= 15 is 0 Å². The van der Waals surface area contributed by atoms with Gasteiger partial charge in [0.25, 0.3) is 0 Å². The topological polar surface area (TPSA) is 86.7 Å². The van der Waals surface area contributed by atoms with Gasteiger partial charge in [-0.3, -0.25) is 0 Å². The lowest BCUT2D eigenvalue weighted by atomic mass is 10.00. The first-order valence-electron chi connectivity index (χ1n) is 5.34. The molecule has 5 N–H and O–H groups in total. The van der Waals surface area contributed by atoms with E-state index in [1.54, 1.807) is 0 Å². The summed E-state index contributed by atoms with van der Waals surface area (Å²) in [6, 6.07) is -0.436. The van der Waals surface area contributed by atoms with E-state index < -0.39 is 18.2 Å². The van der Waals surface area contributed by atoms with Crippen LogP contribution >= 0.6 is 0 Å². The molecule has 0 aliphatic rings. The average Bonchev–Trinajstić information content (AvgIpc) is 2.17. The van der Waals surface area contributed by atoms with Gasteiger partial charge < -0.3 is 21.1 Å². The van der Waals surface area contributed by atoms with E-state index in [9.17, 15) is 5.11 Å². The third kappa shape index (κ3) is 6.32. The molecule has 4 nitrogen and oxygen atoms in total. The predicted octanol–water partition coefficient (Wildman–Crippen LogP) is -0.00180. The second kappa shape index (κ2) is 8.17. The van der Waals surface area contributed by atoms with Gasteiger partial charge in [-0.15, -0.1) is 0 Å². The van der Waals surface area contributed by atoms with Gasteiger partial charge in [0.1, 0.15) is 0 Å². The summed E-state index contributed by atoms with van der Waals surface area (Å²) in [6.07, 6.45) is 2.71. The summed E-state index contributed by atoms with van der Waals surface area (Å²) < 4.78 is 0. The normalized spacial score (nSPS) is 17.8. The van der Waals surface area contributed by atoms with Gasteiger partial charge in [0.05, 0.1) is 18.8 Å². The molecule has 0 aliphatic carbocycles. The largest absolute Gasteiger partial charge is 0.394 e. The van der Waals surface area contributed by atoms with Crippen molar-refractivity contribution in [2.75, 3.05) is 6.61 Å². The maximum atomic E-state index is 9.57. The minimum absolute atomic E-state index is 0.254. The van der Waals surface area contributed by atoms with E-state index in [4.69, 9.17) is 15.9 Å². The first kappa shape index (κ1) is 13.8. The summed E-state index contributed by atoms with van der Waals surface area (Å²) in [5, 5.41) is 27.3. The van der Waals surface area contributed by atoms with Crippen LogP contribution in [0.2, 0.25) is 0 Å². The molecule has 0 aromatic rings. The fourth-order valence-corrected chi connectivity index (χ4v) is 1.36. The minimum Gasteiger partial charge on any atom is -0.394 e. The summed E-state index contributed by atoms with van der Waals surface area (Å²) in [5.41, 5.74) is 5.65. The maximum absolute atomic E-state index is 9.57. The van der Waals surface area contributed by atoms with Gasteiger partial charge in [-0.1, -0.05) is 26.2 Å². The zero-order valence-corrected chi connectivity index (χ0v) is 8.89. The molecule has 0 unspecified atom stereocenters. The summed E-state index contributed by atoms with van der Waals surface area (Å²) in [6.45, 7) is 1.80. The fourth-order valence-electron chi connectivity index (χ4n) is 1.36. The van der Waals surface area contributed by atoms with Crippen molar-refractivity contribution in [3.63, 3.8) is 0 Å². The zero-order valence-electron chi connectivity index (χ0n) is 8.89.